The molecule has 1 fully saturated rings. The molecule has 1 aromatic rings. The van der Waals surface area contributed by atoms with Crippen LogP contribution in [0.15, 0.2) is 30.3 Å². The van der Waals surface area contributed by atoms with E-state index in [1.165, 1.54) is 18.4 Å². The number of rotatable bonds is 3. The normalized spacial score (nSPS) is 17.6. The summed E-state index contributed by atoms with van der Waals surface area (Å²) in [6, 6.07) is 10.8. The van der Waals surface area contributed by atoms with Gasteiger partial charge in [0.15, 0.2) is 0 Å². The molecule has 2 heteroatoms. The Morgan fingerprint density at radius 2 is 1.77 bits per heavy atom. The monoisotopic (exact) mass is 197 g/mol. The molecule has 0 atom stereocenters. The second kappa shape index (κ2) is 4.12. The quantitative estimate of drug-likeness (QED) is 0.792. The van der Waals surface area contributed by atoms with E-state index < -0.39 is 0 Å². The maximum absolute atomic E-state index is 5.59. The molecule has 1 aliphatic rings. The molecule has 13 heavy (non-hydrogen) atoms. The third-order valence-electron chi connectivity index (χ3n) is 2.86. The molecule has 0 unspecified atom stereocenters. The van der Waals surface area contributed by atoms with Crippen molar-refractivity contribution in [3.63, 3.8) is 0 Å². The van der Waals surface area contributed by atoms with Crippen molar-refractivity contribution in [2.75, 3.05) is 6.54 Å². The molecule has 0 spiro atoms. The van der Waals surface area contributed by atoms with Gasteiger partial charge in [0.05, 0.1) is 0 Å². The first-order chi connectivity index (χ1) is 5.87. The zero-order valence-electron chi connectivity index (χ0n) is 7.70. The van der Waals surface area contributed by atoms with Crippen molar-refractivity contribution < 1.29 is 0 Å². The van der Waals surface area contributed by atoms with Gasteiger partial charge in [-0.2, -0.15) is 0 Å². The number of halogens is 1. The van der Waals surface area contributed by atoms with Crippen LogP contribution < -0.4 is 5.73 Å². The molecule has 0 aromatic heterocycles. The summed E-state index contributed by atoms with van der Waals surface area (Å²) >= 11 is 0. The highest BCUT2D eigenvalue weighted by atomic mass is 35.5. The van der Waals surface area contributed by atoms with Crippen molar-refractivity contribution in [3.8, 4) is 0 Å². The molecule has 2 N–H and O–H groups in total. The van der Waals surface area contributed by atoms with Crippen LogP contribution in [0.4, 0.5) is 0 Å². The fourth-order valence-electron chi connectivity index (χ4n) is 1.90. The smallest absolute Gasteiger partial charge is 0.00344 e. The lowest BCUT2D eigenvalue weighted by Crippen LogP contribution is -2.12. The van der Waals surface area contributed by atoms with E-state index in [1.54, 1.807) is 0 Å². The average Bonchev–Trinajstić information content (AvgIpc) is 2.88. The van der Waals surface area contributed by atoms with Crippen molar-refractivity contribution in [3.05, 3.63) is 35.9 Å². The zero-order valence-corrected chi connectivity index (χ0v) is 8.52. The third kappa shape index (κ3) is 2.04. The molecular formula is C11H16ClN. The Labute approximate surface area is 85.7 Å². The van der Waals surface area contributed by atoms with Gasteiger partial charge in [0.2, 0.25) is 0 Å². The molecule has 0 heterocycles. The first kappa shape index (κ1) is 10.6. The zero-order chi connectivity index (χ0) is 8.44. The minimum absolute atomic E-state index is 0. The first-order valence-electron chi connectivity index (χ1n) is 4.63. The SMILES string of the molecule is Cl.NCCC1(c2ccccc2)CC1. The number of benzene rings is 1. The Kier molecular flexibility index (Phi) is 3.34. The van der Waals surface area contributed by atoms with Crippen LogP contribution in [0, 0.1) is 0 Å². The van der Waals surface area contributed by atoms with Gasteiger partial charge >= 0.3 is 0 Å². The topological polar surface area (TPSA) is 26.0 Å². The molecule has 0 amide bonds. The van der Waals surface area contributed by atoms with Gasteiger partial charge in [0.25, 0.3) is 0 Å². The van der Waals surface area contributed by atoms with Gasteiger partial charge in [-0.3, -0.25) is 0 Å². The predicted octanol–water partition coefficient (Wildman–Crippen LogP) is 2.49. The van der Waals surface area contributed by atoms with Gasteiger partial charge in [-0.1, -0.05) is 30.3 Å². The standard InChI is InChI=1S/C11H15N.ClH/c12-9-8-11(6-7-11)10-4-2-1-3-5-10;/h1-5H,6-9,12H2;1H. The molecule has 1 saturated carbocycles. The second-order valence-corrected chi connectivity index (χ2v) is 3.69. The van der Waals surface area contributed by atoms with Gasteiger partial charge in [-0.15, -0.1) is 12.4 Å². The minimum Gasteiger partial charge on any atom is -0.330 e. The maximum Gasteiger partial charge on any atom is -0.00344 e. The third-order valence-corrected chi connectivity index (χ3v) is 2.86. The van der Waals surface area contributed by atoms with Crippen molar-refractivity contribution in [1.82, 2.24) is 0 Å². The predicted molar refractivity (Wildman–Crippen MR) is 58.3 cm³/mol. The Morgan fingerprint density at radius 1 is 1.15 bits per heavy atom. The highest BCUT2D eigenvalue weighted by Crippen LogP contribution is 2.50. The lowest BCUT2D eigenvalue weighted by atomic mass is 9.93. The summed E-state index contributed by atoms with van der Waals surface area (Å²) in [6.45, 7) is 0.814. The number of hydrogen-bond acceptors (Lipinski definition) is 1. The fraction of sp³-hybridized carbons (Fsp3) is 0.455. The van der Waals surface area contributed by atoms with E-state index in [0.717, 1.165) is 13.0 Å². The van der Waals surface area contributed by atoms with Crippen molar-refractivity contribution in [2.45, 2.75) is 24.7 Å². The van der Waals surface area contributed by atoms with Crippen LogP contribution >= 0.6 is 12.4 Å². The summed E-state index contributed by atoms with van der Waals surface area (Å²) in [5.41, 5.74) is 7.54. The fourth-order valence-corrected chi connectivity index (χ4v) is 1.90. The second-order valence-electron chi connectivity index (χ2n) is 3.69. The van der Waals surface area contributed by atoms with E-state index in [-0.39, 0.29) is 12.4 Å². The van der Waals surface area contributed by atoms with Crippen LogP contribution in [0.3, 0.4) is 0 Å². The summed E-state index contributed by atoms with van der Waals surface area (Å²) in [7, 11) is 0. The van der Waals surface area contributed by atoms with Gasteiger partial charge in [0, 0.05) is 0 Å². The van der Waals surface area contributed by atoms with Crippen LogP contribution in [-0.2, 0) is 5.41 Å². The molecule has 72 valence electrons. The lowest BCUT2D eigenvalue weighted by molar-refractivity contribution is 0.629. The van der Waals surface area contributed by atoms with E-state index in [4.69, 9.17) is 5.73 Å². The van der Waals surface area contributed by atoms with E-state index in [9.17, 15) is 0 Å². The molecule has 2 rings (SSSR count). The largest absolute Gasteiger partial charge is 0.330 e. The molecule has 0 radical (unpaired) electrons. The van der Waals surface area contributed by atoms with Crippen molar-refractivity contribution in [2.24, 2.45) is 5.73 Å². The minimum atomic E-state index is 0. The molecule has 0 aliphatic heterocycles. The van der Waals surface area contributed by atoms with Crippen molar-refractivity contribution >= 4 is 12.4 Å². The van der Waals surface area contributed by atoms with Crippen LogP contribution in [0.1, 0.15) is 24.8 Å². The summed E-state index contributed by atoms with van der Waals surface area (Å²) < 4.78 is 0. The van der Waals surface area contributed by atoms with Gasteiger partial charge in [-0.05, 0) is 36.8 Å². The van der Waals surface area contributed by atoms with Gasteiger partial charge in [-0.25, -0.2) is 0 Å². The molecule has 0 saturated heterocycles. The van der Waals surface area contributed by atoms with E-state index in [2.05, 4.69) is 30.3 Å². The number of hydrogen-bond donors (Lipinski definition) is 1. The summed E-state index contributed by atoms with van der Waals surface area (Å²) in [5, 5.41) is 0. The van der Waals surface area contributed by atoms with E-state index >= 15 is 0 Å². The Balaban J connectivity index is 0.000000845. The lowest BCUT2D eigenvalue weighted by Gasteiger charge is -2.13. The molecule has 1 nitrogen and oxygen atoms in total. The molecule has 1 aromatic carbocycles. The average molecular weight is 198 g/mol. The summed E-state index contributed by atoms with van der Waals surface area (Å²) in [5.74, 6) is 0. The van der Waals surface area contributed by atoms with Crippen LogP contribution in [0.2, 0.25) is 0 Å². The Bertz CT molecular complexity index is 254. The van der Waals surface area contributed by atoms with Crippen molar-refractivity contribution in [1.29, 1.82) is 0 Å². The summed E-state index contributed by atoms with van der Waals surface area (Å²) in [4.78, 5) is 0. The molecule has 1 aliphatic carbocycles. The molecule has 0 bridgehead atoms. The number of nitrogens with two attached hydrogens (primary N) is 1. The summed E-state index contributed by atoms with van der Waals surface area (Å²) in [6.07, 6.45) is 3.81. The highest BCUT2D eigenvalue weighted by Gasteiger charge is 2.42. The van der Waals surface area contributed by atoms with Crippen LogP contribution in [0.5, 0.6) is 0 Å². The van der Waals surface area contributed by atoms with E-state index in [0.29, 0.717) is 5.41 Å². The Hall–Kier alpha value is -0.530. The maximum atomic E-state index is 5.59. The van der Waals surface area contributed by atoms with Crippen LogP contribution in [0.25, 0.3) is 0 Å². The first-order valence-corrected chi connectivity index (χ1v) is 4.63. The Morgan fingerprint density at radius 3 is 2.23 bits per heavy atom. The van der Waals surface area contributed by atoms with Gasteiger partial charge < -0.3 is 5.73 Å². The molecular weight excluding hydrogens is 182 g/mol. The van der Waals surface area contributed by atoms with Gasteiger partial charge in [0.1, 0.15) is 0 Å². The van der Waals surface area contributed by atoms with Crippen LogP contribution in [-0.4, -0.2) is 6.54 Å². The van der Waals surface area contributed by atoms with E-state index in [1.807, 2.05) is 0 Å². The highest BCUT2D eigenvalue weighted by molar-refractivity contribution is 5.85.